The van der Waals surface area contributed by atoms with Crippen LogP contribution in [0.15, 0.2) is 24.8 Å². The van der Waals surface area contributed by atoms with Gasteiger partial charge < -0.3 is 5.32 Å². The topological polar surface area (TPSA) is 55.1 Å². The highest BCUT2D eigenvalue weighted by molar-refractivity contribution is 5.43. The van der Waals surface area contributed by atoms with E-state index in [1.54, 1.807) is 10.6 Å². The average molecular weight is 189 g/mol. The minimum atomic E-state index is 0.694. The molecule has 0 aliphatic carbocycles. The Balaban J connectivity index is 2.39. The quantitative estimate of drug-likeness (QED) is 0.733. The van der Waals surface area contributed by atoms with Crippen molar-refractivity contribution in [1.29, 1.82) is 0 Å². The zero-order chi connectivity index (χ0) is 9.97. The molecule has 0 aromatic carbocycles. The van der Waals surface area contributed by atoms with Crippen molar-refractivity contribution in [2.75, 3.05) is 11.9 Å². The van der Waals surface area contributed by atoms with Crippen LogP contribution < -0.4 is 5.32 Å². The minimum Gasteiger partial charge on any atom is -0.365 e. The molecule has 0 aliphatic heterocycles. The van der Waals surface area contributed by atoms with Crippen LogP contribution in [-0.2, 0) is 0 Å². The lowest BCUT2D eigenvalue weighted by molar-refractivity contribution is 0.876. The highest BCUT2D eigenvalue weighted by atomic mass is 15.4. The SMILES string of the molecule is C=CCNc1ccc2nnc(C)n2n1. The maximum atomic E-state index is 4.31. The van der Waals surface area contributed by atoms with Crippen molar-refractivity contribution in [2.24, 2.45) is 0 Å². The molecule has 0 atom stereocenters. The van der Waals surface area contributed by atoms with Crippen LogP contribution >= 0.6 is 0 Å². The number of nitrogens with zero attached hydrogens (tertiary/aromatic N) is 4. The lowest BCUT2D eigenvalue weighted by Gasteiger charge is -2.01. The fourth-order valence-corrected chi connectivity index (χ4v) is 1.17. The summed E-state index contributed by atoms with van der Waals surface area (Å²) in [7, 11) is 0. The van der Waals surface area contributed by atoms with Gasteiger partial charge in [-0.15, -0.1) is 21.9 Å². The second-order valence-electron chi connectivity index (χ2n) is 2.91. The van der Waals surface area contributed by atoms with E-state index in [-0.39, 0.29) is 0 Å². The minimum absolute atomic E-state index is 0.694. The van der Waals surface area contributed by atoms with Gasteiger partial charge >= 0.3 is 0 Å². The number of hydrogen-bond donors (Lipinski definition) is 1. The standard InChI is InChI=1S/C9H11N5/c1-3-6-10-8-4-5-9-12-11-7(2)14(9)13-8/h3-5H,1,6H2,2H3,(H,10,13). The van der Waals surface area contributed by atoms with Gasteiger partial charge in [-0.3, -0.25) is 0 Å². The van der Waals surface area contributed by atoms with Crippen molar-refractivity contribution in [3.63, 3.8) is 0 Å². The Hall–Kier alpha value is -1.91. The molecule has 0 bridgehead atoms. The predicted octanol–water partition coefficient (Wildman–Crippen LogP) is 1.03. The number of rotatable bonds is 3. The fourth-order valence-electron chi connectivity index (χ4n) is 1.17. The molecule has 0 aliphatic rings. The molecule has 0 radical (unpaired) electrons. The van der Waals surface area contributed by atoms with E-state index in [1.165, 1.54) is 0 Å². The average Bonchev–Trinajstić information content (AvgIpc) is 2.57. The number of fused-ring (bicyclic) bond motifs is 1. The van der Waals surface area contributed by atoms with E-state index in [1.807, 2.05) is 19.1 Å². The molecule has 0 spiro atoms. The summed E-state index contributed by atoms with van der Waals surface area (Å²) in [5.41, 5.74) is 0.756. The summed E-state index contributed by atoms with van der Waals surface area (Å²) >= 11 is 0. The molecule has 72 valence electrons. The number of nitrogens with one attached hydrogen (secondary N) is 1. The van der Waals surface area contributed by atoms with Crippen LogP contribution in [0.5, 0.6) is 0 Å². The molecular formula is C9H11N5. The van der Waals surface area contributed by atoms with Gasteiger partial charge in [-0.1, -0.05) is 6.08 Å². The molecule has 14 heavy (non-hydrogen) atoms. The Morgan fingerprint density at radius 1 is 1.50 bits per heavy atom. The van der Waals surface area contributed by atoms with Gasteiger partial charge in [0.15, 0.2) is 11.5 Å². The van der Waals surface area contributed by atoms with Gasteiger partial charge in [0.1, 0.15) is 5.82 Å². The highest BCUT2D eigenvalue weighted by Gasteiger charge is 2.01. The van der Waals surface area contributed by atoms with Gasteiger partial charge in [-0.25, -0.2) is 0 Å². The van der Waals surface area contributed by atoms with Crippen LogP contribution in [0, 0.1) is 6.92 Å². The fraction of sp³-hybridized carbons (Fsp3) is 0.222. The molecule has 1 N–H and O–H groups in total. The Labute approximate surface area is 81.5 Å². The first-order valence-corrected chi connectivity index (χ1v) is 4.35. The molecule has 0 fully saturated rings. The molecule has 2 aromatic heterocycles. The first-order chi connectivity index (χ1) is 6.81. The van der Waals surface area contributed by atoms with Crippen molar-refractivity contribution < 1.29 is 0 Å². The summed E-state index contributed by atoms with van der Waals surface area (Å²) in [6.45, 7) is 6.18. The van der Waals surface area contributed by atoms with Crippen molar-refractivity contribution >= 4 is 11.5 Å². The Morgan fingerprint density at radius 3 is 3.14 bits per heavy atom. The molecule has 2 heterocycles. The third kappa shape index (κ3) is 1.44. The summed E-state index contributed by atoms with van der Waals surface area (Å²) in [4.78, 5) is 0. The summed E-state index contributed by atoms with van der Waals surface area (Å²) in [6.07, 6.45) is 1.78. The predicted molar refractivity (Wildman–Crippen MR) is 54.2 cm³/mol. The summed E-state index contributed by atoms with van der Waals surface area (Å²) in [5, 5.41) is 15.3. The van der Waals surface area contributed by atoms with Crippen molar-refractivity contribution in [1.82, 2.24) is 19.8 Å². The highest BCUT2D eigenvalue weighted by Crippen LogP contribution is 2.05. The van der Waals surface area contributed by atoms with Crippen LogP contribution in [0.3, 0.4) is 0 Å². The molecule has 0 amide bonds. The van der Waals surface area contributed by atoms with E-state index in [0.29, 0.717) is 6.54 Å². The van der Waals surface area contributed by atoms with Gasteiger partial charge in [0.25, 0.3) is 0 Å². The van der Waals surface area contributed by atoms with Gasteiger partial charge in [0.2, 0.25) is 0 Å². The second kappa shape index (κ2) is 3.45. The Bertz CT molecular complexity index is 459. The van der Waals surface area contributed by atoms with Gasteiger partial charge in [-0.05, 0) is 19.1 Å². The smallest absolute Gasteiger partial charge is 0.178 e. The number of anilines is 1. The first-order valence-electron chi connectivity index (χ1n) is 4.35. The summed E-state index contributed by atoms with van der Waals surface area (Å²) in [5.74, 6) is 1.57. The van der Waals surface area contributed by atoms with E-state index >= 15 is 0 Å². The zero-order valence-electron chi connectivity index (χ0n) is 7.94. The van der Waals surface area contributed by atoms with Crippen LogP contribution in [0.4, 0.5) is 5.82 Å². The van der Waals surface area contributed by atoms with E-state index in [9.17, 15) is 0 Å². The third-order valence-electron chi connectivity index (χ3n) is 1.85. The second-order valence-corrected chi connectivity index (χ2v) is 2.91. The first kappa shape index (κ1) is 8.68. The monoisotopic (exact) mass is 189 g/mol. The maximum Gasteiger partial charge on any atom is 0.178 e. The zero-order valence-corrected chi connectivity index (χ0v) is 7.94. The molecular weight excluding hydrogens is 178 g/mol. The lowest BCUT2D eigenvalue weighted by atomic mass is 10.5. The van der Waals surface area contributed by atoms with Gasteiger partial charge in [-0.2, -0.15) is 4.52 Å². The Morgan fingerprint density at radius 2 is 2.36 bits per heavy atom. The van der Waals surface area contributed by atoms with Crippen molar-refractivity contribution in [3.05, 3.63) is 30.6 Å². The number of hydrogen-bond acceptors (Lipinski definition) is 4. The lowest BCUT2D eigenvalue weighted by Crippen LogP contribution is -2.04. The van der Waals surface area contributed by atoms with E-state index < -0.39 is 0 Å². The normalized spacial score (nSPS) is 10.4. The van der Waals surface area contributed by atoms with Crippen LogP contribution in [-0.4, -0.2) is 26.4 Å². The molecule has 2 aromatic rings. The van der Waals surface area contributed by atoms with E-state index in [2.05, 4.69) is 27.2 Å². The largest absolute Gasteiger partial charge is 0.365 e. The molecule has 0 saturated heterocycles. The molecule has 5 heteroatoms. The molecule has 5 nitrogen and oxygen atoms in total. The summed E-state index contributed by atoms with van der Waals surface area (Å²) in [6, 6.07) is 3.74. The van der Waals surface area contributed by atoms with Crippen molar-refractivity contribution in [2.45, 2.75) is 6.92 Å². The van der Waals surface area contributed by atoms with E-state index in [4.69, 9.17) is 0 Å². The molecule has 2 rings (SSSR count). The van der Waals surface area contributed by atoms with Crippen LogP contribution in [0.2, 0.25) is 0 Å². The number of aryl methyl sites for hydroxylation is 1. The molecule has 0 saturated carbocycles. The number of aromatic nitrogens is 4. The van der Waals surface area contributed by atoms with Gasteiger partial charge in [0, 0.05) is 6.54 Å². The van der Waals surface area contributed by atoms with Crippen LogP contribution in [0.1, 0.15) is 5.82 Å². The van der Waals surface area contributed by atoms with Crippen molar-refractivity contribution in [3.8, 4) is 0 Å². The van der Waals surface area contributed by atoms with E-state index in [0.717, 1.165) is 17.3 Å². The molecule has 0 unspecified atom stereocenters. The van der Waals surface area contributed by atoms with Crippen LogP contribution in [0.25, 0.3) is 5.65 Å². The Kier molecular flexibility index (Phi) is 2.14. The third-order valence-corrected chi connectivity index (χ3v) is 1.85. The maximum absolute atomic E-state index is 4.31. The summed E-state index contributed by atoms with van der Waals surface area (Å²) < 4.78 is 1.70. The van der Waals surface area contributed by atoms with Gasteiger partial charge in [0.05, 0.1) is 0 Å².